The smallest absolute Gasteiger partial charge is 0.328 e. The second-order valence-electron chi connectivity index (χ2n) is 6.88. The number of ether oxygens (including phenoxy) is 2. The van der Waals surface area contributed by atoms with Gasteiger partial charge in [0.1, 0.15) is 0 Å². The van der Waals surface area contributed by atoms with Crippen molar-refractivity contribution in [2.45, 2.75) is 47.1 Å². The summed E-state index contributed by atoms with van der Waals surface area (Å²) in [7, 11) is 0. The highest BCUT2D eigenvalue weighted by Gasteiger charge is 2.14. The average Bonchev–Trinajstić information content (AvgIpc) is 2.62. The number of carbonyl (C=O) groups is 1. The highest BCUT2D eigenvalue weighted by Crippen LogP contribution is 2.30. The summed E-state index contributed by atoms with van der Waals surface area (Å²) in [5, 5.41) is 3.12. The Labute approximate surface area is 163 Å². The number of aromatic nitrogens is 2. The van der Waals surface area contributed by atoms with E-state index in [1.165, 1.54) is 0 Å². The molecule has 0 fully saturated rings. The van der Waals surface area contributed by atoms with Crippen molar-refractivity contribution < 1.29 is 14.3 Å². The molecule has 28 heavy (non-hydrogen) atoms. The van der Waals surface area contributed by atoms with E-state index in [1.54, 1.807) is 12.1 Å². The number of H-pyrrole nitrogens is 1. The van der Waals surface area contributed by atoms with Gasteiger partial charge in [-0.15, -0.1) is 0 Å². The Bertz CT molecular complexity index is 930. The Hall–Kier alpha value is -2.77. The van der Waals surface area contributed by atoms with Crippen LogP contribution in [0.2, 0.25) is 0 Å². The molecule has 2 N–H and O–H groups in total. The van der Waals surface area contributed by atoms with Crippen molar-refractivity contribution in [2.75, 3.05) is 19.8 Å². The fourth-order valence-electron chi connectivity index (χ4n) is 2.80. The molecule has 1 aromatic heterocycles. The Kier molecular flexibility index (Phi) is 7.66. The van der Waals surface area contributed by atoms with Crippen LogP contribution in [0.5, 0.6) is 11.5 Å². The topological polar surface area (TPSA) is 102 Å². The molecular weight excluding hydrogens is 362 g/mol. The number of benzene rings is 1. The second-order valence-corrected chi connectivity index (χ2v) is 6.88. The van der Waals surface area contributed by atoms with Crippen molar-refractivity contribution in [3.8, 4) is 11.5 Å². The van der Waals surface area contributed by atoms with Gasteiger partial charge in [0.15, 0.2) is 11.5 Å². The number of hydrogen-bond acceptors (Lipinski definition) is 5. The molecule has 2 rings (SSSR count). The molecule has 0 saturated heterocycles. The van der Waals surface area contributed by atoms with Crippen molar-refractivity contribution >= 4 is 16.8 Å². The minimum absolute atomic E-state index is 0.00873. The van der Waals surface area contributed by atoms with Crippen LogP contribution in [0.4, 0.5) is 0 Å². The van der Waals surface area contributed by atoms with Gasteiger partial charge < -0.3 is 19.8 Å². The average molecular weight is 391 g/mol. The molecule has 154 valence electrons. The van der Waals surface area contributed by atoms with Crippen LogP contribution in [-0.4, -0.2) is 35.2 Å². The third-order valence-electron chi connectivity index (χ3n) is 4.25. The molecule has 1 heterocycles. The number of hydrogen-bond donors (Lipinski definition) is 2. The van der Waals surface area contributed by atoms with E-state index in [0.717, 1.165) is 11.0 Å². The standard InChI is InChI=1S/C20H29N3O5/c1-5-27-16-11-14-15(12-17(16)28-6-2)22-20(26)23(19(14)25)10-8-18(24)21-9-7-13(3)4/h11-13H,5-10H2,1-4H3,(H,21,24)(H,22,26). The molecule has 0 saturated carbocycles. The highest BCUT2D eigenvalue weighted by atomic mass is 16.5. The monoisotopic (exact) mass is 391 g/mol. The van der Waals surface area contributed by atoms with Gasteiger partial charge in [0.05, 0.1) is 24.1 Å². The van der Waals surface area contributed by atoms with Crippen molar-refractivity contribution in [2.24, 2.45) is 5.92 Å². The van der Waals surface area contributed by atoms with E-state index in [4.69, 9.17) is 9.47 Å². The van der Waals surface area contributed by atoms with Crippen molar-refractivity contribution in [1.29, 1.82) is 0 Å². The van der Waals surface area contributed by atoms with E-state index < -0.39 is 11.2 Å². The van der Waals surface area contributed by atoms with Crippen LogP contribution in [-0.2, 0) is 11.3 Å². The molecular formula is C20H29N3O5. The van der Waals surface area contributed by atoms with Gasteiger partial charge in [-0.2, -0.15) is 0 Å². The van der Waals surface area contributed by atoms with Crippen molar-refractivity contribution in [3.05, 3.63) is 33.0 Å². The van der Waals surface area contributed by atoms with Crippen LogP contribution in [0.1, 0.15) is 40.5 Å². The van der Waals surface area contributed by atoms with Crippen LogP contribution < -0.4 is 26.0 Å². The molecule has 0 bridgehead atoms. The van der Waals surface area contributed by atoms with E-state index in [9.17, 15) is 14.4 Å². The van der Waals surface area contributed by atoms with E-state index in [-0.39, 0.29) is 18.9 Å². The minimum Gasteiger partial charge on any atom is -0.490 e. The van der Waals surface area contributed by atoms with Gasteiger partial charge in [-0.3, -0.25) is 14.2 Å². The third kappa shape index (κ3) is 5.37. The first-order valence-corrected chi connectivity index (χ1v) is 9.70. The van der Waals surface area contributed by atoms with Gasteiger partial charge in [0.2, 0.25) is 5.91 Å². The number of rotatable bonds is 10. The minimum atomic E-state index is -0.556. The fraction of sp³-hybridized carbons (Fsp3) is 0.550. The summed E-state index contributed by atoms with van der Waals surface area (Å²) < 4.78 is 12.1. The first kappa shape index (κ1) is 21.5. The van der Waals surface area contributed by atoms with Crippen LogP contribution >= 0.6 is 0 Å². The van der Waals surface area contributed by atoms with Crippen molar-refractivity contribution in [1.82, 2.24) is 14.9 Å². The summed E-state index contributed by atoms with van der Waals surface area (Å²) >= 11 is 0. The normalized spacial score (nSPS) is 11.0. The maximum absolute atomic E-state index is 12.8. The van der Waals surface area contributed by atoms with E-state index in [2.05, 4.69) is 24.1 Å². The lowest BCUT2D eigenvalue weighted by atomic mass is 10.1. The Morgan fingerprint density at radius 3 is 2.39 bits per heavy atom. The molecule has 0 atom stereocenters. The van der Waals surface area contributed by atoms with Gasteiger partial charge in [-0.1, -0.05) is 13.8 Å². The molecule has 8 heteroatoms. The number of nitrogens with one attached hydrogen (secondary N) is 2. The highest BCUT2D eigenvalue weighted by molar-refractivity contribution is 5.81. The molecule has 0 aliphatic carbocycles. The molecule has 8 nitrogen and oxygen atoms in total. The number of amides is 1. The maximum atomic E-state index is 12.8. The van der Waals surface area contributed by atoms with E-state index in [1.807, 2.05) is 13.8 Å². The second kappa shape index (κ2) is 9.96. The van der Waals surface area contributed by atoms with E-state index >= 15 is 0 Å². The number of carbonyl (C=O) groups excluding carboxylic acids is 1. The molecule has 0 aliphatic heterocycles. The van der Waals surface area contributed by atoms with Gasteiger partial charge in [0.25, 0.3) is 5.56 Å². The number of aromatic amines is 1. The molecule has 1 amide bonds. The number of fused-ring (bicyclic) bond motifs is 1. The zero-order valence-electron chi connectivity index (χ0n) is 17.0. The Balaban J connectivity index is 2.27. The summed E-state index contributed by atoms with van der Waals surface area (Å²) in [6, 6.07) is 3.16. The Morgan fingerprint density at radius 2 is 1.79 bits per heavy atom. The van der Waals surface area contributed by atoms with Crippen LogP contribution in [0, 0.1) is 5.92 Å². The first-order valence-electron chi connectivity index (χ1n) is 9.70. The van der Waals surface area contributed by atoms with Gasteiger partial charge >= 0.3 is 5.69 Å². The molecule has 2 aromatic rings. The molecule has 0 spiro atoms. The summed E-state index contributed by atoms with van der Waals surface area (Å²) in [6.07, 6.45) is 0.937. The molecule has 0 aliphatic rings. The third-order valence-corrected chi connectivity index (χ3v) is 4.25. The zero-order chi connectivity index (χ0) is 20.7. The van der Waals surface area contributed by atoms with Gasteiger partial charge in [-0.05, 0) is 32.3 Å². The lowest BCUT2D eigenvalue weighted by Gasteiger charge is -2.13. The number of nitrogens with zero attached hydrogens (tertiary/aromatic N) is 1. The predicted octanol–water partition coefficient (Wildman–Crippen LogP) is 2.04. The fourth-order valence-corrected chi connectivity index (χ4v) is 2.80. The SMILES string of the molecule is CCOc1cc2[nH]c(=O)n(CCC(=O)NCCC(C)C)c(=O)c2cc1OCC. The maximum Gasteiger partial charge on any atom is 0.328 e. The molecule has 0 unspecified atom stereocenters. The Morgan fingerprint density at radius 1 is 1.14 bits per heavy atom. The van der Waals surface area contributed by atoms with Crippen LogP contribution in [0.25, 0.3) is 10.9 Å². The summed E-state index contributed by atoms with van der Waals surface area (Å²) in [4.78, 5) is 39.8. The van der Waals surface area contributed by atoms with Crippen LogP contribution in [0.15, 0.2) is 21.7 Å². The molecule has 1 aromatic carbocycles. The van der Waals surface area contributed by atoms with Crippen LogP contribution in [0.3, 0.4) is 0 Å². The summed E-state index contributed by atoms with van der Waals surface area (Å²) in [5.41, 5.74) is -0.642. The predicted molar refractivity (Wildman–Crippen MR) is 108 cm³/mol. The zero-order valence-corrected chi connectivity index (χ0v) is 17.0. The first-order chi connectivity index (χ1) is 13.4. The van der Waals surface area contributed by atoms with E-state index in [0.29, 0.717) is 48.1 Å². The summed E-state index contributed by atoms with van der Waals surface area (Å²) in [5.74, 6) is 1.22. The largest absolute Gasteiger partial charge is 0.490 e. The lowest BCUT2D eigenvalue weighted by Crippen LogP contribution is -2.37. The van der Waals surface area contributed by atoms with Gasteiger partial charge in [-0.25, -0.2) is 4.79 Å². The van der Waals surface area contributed by atoms with Crippen molar-refractivity contribution in [3.63, 3.8) is 0 Å². The van der Waals surface area contributed by atoms with Gasteiger partial charge in [0, 0.05) is 25.6 Å². The quantitative estimate of drug-likeness (QED) is 0.645. The summed E-state index contributed by atoms with van der Waals surface area (Å²) in [6.45, 7) is 9.27. The lowest BCUT2D eigenvalue weighted by molar-refractivity contribution is -0.121. The molecule has 0 radical (unpaired) electrons.